The Morgan fingerprint density at radius 2 is 1.88 bits per heavy atom. The van der Waals surface area contributed by atoms with E-state index in [0.29, 0.717) is 11.6 Å². The molecule has 5 aromatic heterocycles. The summed E-state index contributed by atoms with van der Waals surface area (Å²) in [4.78, 5) is 22.2. The van der Waals surface area contributed by atoms with E-state index in [9.17, 15) is 4.79 Å². The lowest BCUT2D eigenvalue weighted by atomic mass is 10.2. The van der Waals surface area contributed by atoms with Gasteiger partial charge in [-0.3, -0.25) is 13.8 Å². The van der Waals surface area contributed by atoms with Crippen molar-refractivity contribution in [2.45, 2.75) is 31.7 Å². The number of aromatic nitrogens is 8. The van der Waals surface area contributed by atoms with Crippen LogP contribution in [0.25, 0.3) is 27.8 Å². The summed E-state index contributed by atoms with van der Waals surface area (Å²) in [6.07, 6.45) is 13.6. The molecule has 0 atom stereocenters. The van der Waals surface area contributed by atoms with Crippen molar-refractivity contribution in [3.63, 3.8) is 0 Å². The van der Waals surface area contributed by atoms with Crippen LogP contribution < -0.4 is 11.0 Å². The first-order valence-electron chi connectivity index (χ1n) is 10.8. The third kappa shape index (κ3) is 2.90. The van der Waals surface area contributed by atoms with E-state index in [0.717, 1.165) is 53.5 Å². The van der Waals surface area contributed by atoms with Crippen LogP contribution in [0, 0.1) is 0 Å². The molecular formula is C22H23N9O. The zero-order chi connectivity index (χ0) is 21.8. The summed E-state index contributed by atoms with van der Waals surface area (Å²) in [7, 11) is 3.69. The van der Waals surface area contributed by atoms with Crippen molar-refractivity contribution >= 4 is 28.3 Å². The average molecular weight is 429 g/mol. The maximum absolute atomic E-state index is 12.9. The van der Waals surface area contributed by atoms with E-state index in [-0.39, 0.29) is 11.7 Å². The lowest BCUT2D eigenvalue weighted by Crippen LogP contribution is -2.24. The Balaban J connectivity index is 1.40. The molecule has 0 unspecified atom stereocenters. The molecule has 0 spiro atoms. The summed E-state index contributed by atoms with van der Waals surface area (Å²) >= 11 is 0. The average Bonchev–Trinajstić information content (AvgIpc) is 3.57. The first-order valence-corrected chi connectivity index (χ1v) is 10.8. The van der Waals surface area contributed by atoms with Crippen LogP contribution in [0.1, 0.15) is 31.7 Å². The van der Waals surface area contributed by atoms with Gasteiger partial charge in [0.1, 0.15) is 11.6 Å². The van der Waals surface area contributed by atoms with E-state index >= 15 is 0 Å². The van der Waals surface area contributed by atoms with Crippen molar-refractivity contribution in [3.8, 4) is 11.1 Å². The molecule has 1 saturated carbocycles. The van der Waals surface area contributed by atoms with Crippen molar-refractivity contribution in [2.24, 2.45) is 14.1 Å². The maximum atomic E-state index is 12.9. The van der Waals surface area contributed by atoms with E-state index in [1.807, 2.05) is 36.1 Å². The second-order valence-electron chi connectivity index (χ2n) is 8.38. The Kier molecular flexibility index (Phi) is 4.14. The number of hydrogen-bond donors (Lipinski definition) is 1. The van der Waals surface area contributed by atoms with Gasteiger partial charge in [-0.05, 0) is 18.9 Å². The van der Waals surface area contributed by atoms with Gasteiger partial charge in [0, 0.05) is 49.7 Å². The molecular weight excluding hydrogens is 406 g/mol. The second-order valence-corrected chi connectivity index (χ2v) is 8.38. The number of imidazole rings is 1. The molecule has 1 aliphatic rings. The molecule has 0 aliphatic heterocycles. The summed E-state index contributed by atoms with van der Waals surface area (Å²) in [5.41, 5.74) is 4.35. The Morgan fingerprint density at radius 3 is 2.66 bits per heavy atom. The molecule has 32 heavy (non-hydrogen) atoms. The third-order valence-corrected chi connectivity index (χ3v) is 6.31. The Labute approximate surface area is 183 Å². The van der Waals surface area contributed by atoms with E-state index in [1.165, 1.54) is 0 Å². The maximum Gasteiger partial charge on any atom is 0.329 e. The van der Waals surface area contributed by atoms with Gasteiger partial charge in [0.15, 0.2) is 5.65 Å². The van der Waals surface area contributed by atoms with Gasteiger partial charge in [-0.15, -0.1) is 0 Å². The van der Waals surface area contributed by atoms with Crippen molar-refractivity contribution in [1.82, 2.24) is 38.5 Å². The highest BCUT2D eigenvalue weighted by Gasteiger charge is 2.23. The molecule has 10 nitrogen and oxygen atoms in total. The van der Waals surface area contributed by atoms with Crippen molar-refractivity contribution in [2.75, 3.05) is 5.32 Å². The predicted molar refractivity (Wildman–Crippen MR) is 121 cm³/mol. The Bertz CT molecular complexity index is 1510. The molecule has 10 heteroatoms. The monoisotopic (exact) mass is 429 g/mol. The topological polar surface area (TPSA) is 99.9 Å². The van der Waals surface area contributed by atoms with Crippen LogP contribution in [0.15, 0.2) is 47.9 Å². The molecule has 0 saturated heterocycles. The van der Waals surface area contributed by atoms with E-state index in [2.05, 4.69) is 20.5 Å². The predicted octanol–water partition coefficient (Wildman–Crippen LogP) is 3.04. The molecule has 1 N–H and O–H groups in total. The number of aryl methyl sites for hydroxylation is 2. The number of pyridine rings is 1. The van der Waals surface area contributed by atoms with Gasteiger partial charge in [-0.2, -0.15) is 10.2 Å². The highest BCUT2D eigenvalue weighted by atomic mass is 16.1. The van der Waals surface area contributed by atoms with Crippen LogP contribution in [-0.2, 0) is 14.1 Å². The van der Waals surface area contributed by atoms with Gasteiger partial charge in [-0.1, -0.05) is 12.8 Å². The van der Waals surface area contributed by atoms with Crippen molar-refractivity contribution in [1.29, 1.82) is 0 Å². The molecule has 1 fully saturated rings. The normalized spacial score (nSPS) is 14.7. The van der Waals surface area contributed by atoms with Crippen LogP contribution in [0.5, 0.6) is 0 Å². The fraction of sp³-hybridized carbons (Fsp3) is 0.318. The molecule has 5 aromatic rings. The van der Waals surface area contributed by atoms with Crippen LogP contribution in [-0.4, -0.2) is 38.5 Å². The summed E-state index contributed by atoms with van der Waals surface area (Å²) in [6.45, 7) is 0. The number of fused-ring (bicyclic) bond motifs is 2. The van der Waals surface area contributed by atoms with Crippen LogP contribution in [0.4, 0.5) is 11.6 Å². The van der Waals surface area contributed by atoms with Gasteiger partial charge in [-0.25, -0.2) is 19.3 Å². The molecule has 6 rings (SSSR count). The molecule has 162 valence electrons. The van der Waals surface area contributed by atoms with Crippen LogP contribution in [0.3, 0.4) is 0 Å². The van der Waals surface area contributed by atoms with Gasteiger partial charge in [0.2, 0.25) is 0 Å². The lowest BCUT2D eigenvalue weighted by molar-refractivity contribution is 0.509. The number of hydrogen-bond acceptors (Lipinski definition) is 6. The number of anilines is 2. The lowest BCUT2D eigenvalue weighted by Gasteiger charge is -2.12. The zero-order valence-electron chi connectivity index (χ0n) is 17.9. The van der Waals surface area contributed by atoms with Crippen molar-refractivity contribution in [3.05, 3.63) is 53.6 Å². The van der Waals surface area contributed by atoms with Gasteiger partial charge >= 0.3 is 5.69 Å². The second kappa shape index (κ2) is 7.04. The molecule has 0 amide bonds. The molecule has 0 bridgehead atoms. The summed E-state index contributed by atoms with van der Waals surface area (Å²) in [5, 5.41) is 11.9. The zero-order valence-corrected chi connectivity index (χ0v) is 17.9. The highest BCUT2D eigenvalue weighted by Crippen LogP contribution is 2.32. The summed E-state index contributed by atoms with van der Waals surface area (Å²) in [5.74, 6) is 1.30. The minimum absolute atomic E-state index is 0.0192. The van der Waals surface area contributed by atoms with Gasteiger partial charge in [0.05, 0.1) is 29.6 Å². The largest absolute Gasteiger partial charge is 0.329 e. The van der Waals surface area contributed by atoms with Gasteiger partial charge < -0.3 is 5.32 Å². The fourth-order valence-electron chi connectivity index (χ4n) is 4.67. The SMILES string of the molecule is Cn1cc(-c2cnn3ccc(Nc4cc5c(cn4)n(C)c(=O)n5C4CCCC4)nc23)cn1. The minimum atomic E-state index is 0.0192. The number of rotatable bonds is 4. The van der Waals surface area contributed by atoms with Gasteiger partial charge in [0.25, 0.3) is 0 Å². The molecule has 0 radical (unpaired) electrons. The van der Waals surface area contributed by atoms with E-state index in [4.69, 9.17) is 4.98 Å². The van der Waals surface area contributed by atoms with Crippen LogP contribution in [0.2, 0.25) is 0 Å². The summed E-state index contributed by atoms with van der Waals surface area (Å²) < 4.78 is 7.10. The van der Waals surface area contributed by atoms with E-state index in [1.54, 1.807) is 39.4 Å². The first-order chi connectivity index (χ1) is 15.6. The summed E-state index contributed by atoms with van der Waals surface area (Å²) in [6, 6.07) is 4.05. The highest BCUT2D eigenvalue weighted by molar-refractivity contribution is 5.80. The standard InChI is InChI=1S/C22H23N9O/c1-28-13-14(10-24-28)16-11-25-30-8-7-19(27-21(16)30)26-20-9-17-18(12-23-20)29(2)22(32)31(17)15-5-3-4-6-15/h7-13,15H,3-6H2,1-2H3,(H,23,26,27). The Morgan fingerprint density at radius 1 is 1.03 bits per heavy atom. The fourth-order valence-corrected chi connectivity index (χ4v) is 4.67. The first kappa shape index (κ1) is 18.8. The molecule has 1 aliphatic carbocycles. The van der Waals surface area contributed by atoms with Crippen LogP contribution >= 0.6 is 0 Å². The number of nitrogens with zero attached hydrogens (tertiary/aromatic N) is 8. The Hall–Kier alpha value is -3.95. The smallest absolute Gasteiger partial charge is 0.325 e. The molecule has 5 heterocycles. The van der Waals surface area contributed by atoms with Crippen molar-refractivity contribution < 1.29 is 0 Å². The number of nitrogens with one attached hydrogen (secondary N) is 1. The third-order valence-electron chi connectivity index (χ3n) is 6.31. The minimum Gasteiger partial charge on any atom is -0.325 e. The molecule has 0 aromatic carbocycles. The quantitative estimate of drug-likeness (QED) is 0.471. The van der Waals surface area contributed by atoms with E-state index < -0.39 is 0 Å².